The third-order valence-electron chi connectivity index (χ3n) is 4.60. The Labute approximate surface area is 170 Å². The van der Waals surface area contributed by atoms with E-state index in [2.05, 4.69) is 10.2 Å². The van der Waals surface area contributed by atoms with Crippen LogP contribution in [0.4, 0.5) is 11.4 Å². The van der Waals surface area contributed by atoms with Crippen molar-refractivity contribution in [2.45, 2.75) is 13.3 Å². The van der Waals surface area contributed by atoms with Crippen LogP contribution in [-0.4, -0.2) is 51.9 Å². The molecule has 7 heteroatoms. The first-order valence-corrected chi connectivity index (χ1v) is 9.71. The average molecular weight is 398 g/mol. The van der Waals surface area contributed by atoms with Gasteiger partial charge in [-0.2, -0.15) is 0 Å². The van der Waals surface area contributed by atoms with Gasteiger partial charge in [-0.3, -0.25) is 4.79 Å². The fourth-order valence-corrected chi connectivity index (χ4v) is 3.10. The van der Waals surface area contributed by atoms with E-state index in [1.807, 2.05) is 13.0 Å². The van der Waals surface area contributed by atoms with Crippen molar-refractivity contribution < 1.29 is 23.8 Å². The van der Waals surface area contributed by atoms with Crippen molar-refractivity contribution in [1.29, 1.82) is 0 Å². The molecule has 0 unspecified atom stereocenters. The molecular weight excluding hydrogens is 372 g/mol. The third-order valence-corrected chi connectivity index (χ3v) is 4.60. The summed E-state index contributed by atoms with van der Waals surface area (Å²) in [5.41, 5.74) is 2.22. The number of hydrogen-bond acceptors (Lipinski definition) is 6. The van der Waals surface area contributed by atoms with E-state index < -0.39 is 5.97 Å². The number of amides is 1. The molecule has 29 heavy (non-hydrogen) atoms. The number of carbonyl (C=O) groups is 2. The molecule has 3 rings (SSSR count). The van der Waals surface area contributed by atoms with Gasteiger partial charge in [-0.1, -0.05) is 13.0 Å². The van der Waals surface area contributed by atoms with Crippen LogP contribution in [0, 0.1) is 0 Å². The molecule has 1 heterocycles. The highest BCUT2D eigenvalue weighted by Crippen LogP contribution is 2.27. The van der Waals surface area contributed by atoms with Crippen LogP contribution in [0.1, 0.15) is 34.1 Å². The monoisotopic (exact) mass is 398 g/mol. The van der Waals surface area contributed by atoms with Crippen LogP contribution in [-0.2, 0) is 9.47 Å². The molecule has 1 N–H and O–H groups in total. The van der Waals surface area contributed by atoms with Gasteiger partial charge in [0.05, 0.1) is 38.2 Å². The summed E-state index contributed by atoms with van der Waals surface area (Å²) in [5.74, 6) is -0.0779. The van der Waals surface area contributed by atoms with Crippen LogP contribution in [0.3, 0.4) is 0 Å². The number of methoxy groups -OCH3 is 1. The molecule has 0 atom stereocenters. The first-order chi connectivity index (χ1) is 14.1. The molecule has 0 aliphatic carbocycles. The van der Waals surface area contributed by atoms with Crippen molar-refractivity contribution in [1.82, 2.24) is 0 Å². The van der Waals surface area contributed by atoms with Gasteiger partial charge in [-0.15, -0.1) is 0 Å². The van der Waals surface area contributed by atoms with Gasteiger partial charge in [0.25, 0.3) is 5.91 Å². The van der Waals surface area contributed by atoms with E-state index in [9.17, 15) is 9.59 Å². The van der Waals surface area contributed by atoms with Gasteiger partial charge in [-0.05, 0) is 42.8 Å². The fourth-order valence-electron chi connectivity index (χ4n) is 3.10. The quantitative estimate of drug-likeness (QED) is 0.721. The molecule has 7 nitrogen and oxygen atoms in total. The smallest absolute Gasteiger partial charge is 0.340 e. The highest BCUT2D eigenvalue weighted by atomic mass is 16.5. The van der Waals surface area contributed by atoms with Crippen LogP contribution < -0.4 is 15.0 Å². The molecule has 0 bridgehead atoms. The molecule has 1 aliphatic heterocycles. The summed E-state index contributed by atoms with van der Waals surface area (Å²) < 4.78 is 15.9. The Hall–Kier alpha value is -3.06. The third kappa shape index (κ3) is 5.26. The van der Waals surface area contributed by atoms with Crippen molar-refractivity contribution in [2.75, 3.05) is 50.2 Å². The number of esters is 1. The number of hydrogen-bond donors (Lipinski definition) is 1. The maximum absolute atomic E-state index is 12.6. The number of rotatable bonds is 7. The average Bonchev–Trinajstić information content (AvgIpc) is 2.78. The lowest BCUT2D eigenvalue weighted by atomic mass is 10.1. The van der Waals surface area contributed by atoms with Crippen LogP contribution in [0.25, 0.3) is 0 Å². The lowest BCUT2D eigenvalue weighted by Gasteiger charge is -2.30. The van der Waals surface area contributed by atoms with E-state index >= 15 is 0 Å². The summed E-state index contributed by atoms with van der Waals surface area (Å²) in [6.45, 7) is 4.91. The minimum Gasteiger partial charge on any atom is -0.497 e. The van der Waals surface area contributed by atoms with E-state index in [1.54, 1.807) is 43.5 Å². The Morgan fingerprint density at radius 1 is 1.14 bits per heavy atom. The molecule has 0 spiro atoms. The second kappa shape index (κ2) is 9.93. The van der Waals surface area contributed by atoms with Crippen molar-refractivity contribution in [3.05, 3.63) is 53.6 Å². The summed E-state index contributed by atoms with van der Waals surface area (Å²) in [7, 11) is 1.55. The standard InChI is InChI=1S/C22H26N2O5/c1-3-11-29-22(26)19-15-17(7-8-20(19)24-9-12-28-13-10-24)23-21(25)16-5-4-6-18(14-16)27-2/h4-8,14-15H,3,9-13H2,1-2H3,(H,23,25). The van der Waals surface area contributed by atoms with Gasteiger partial charge < -0.3 is 24.4 Å². The highest BCUT2D eigenvalue weighted by Gasteiger charge is 2.21. The summed E-state index contributed by atoms with van der Waals surface area (Å²) in [6, 6.07) is 12.2. The van der Waals surface area contributed by atoms with E-state index in [-0.39, 0.29) is 5.91 Å². The fraction of sp³-hybridized carbons (Fsp3) is 0.364. The summed E-state index contributed by atoms with van der Waals surface area (Å²) >= 11 is 0. The summed E-state index contributed by atoms with van der Waals surface area (Å²) in [6.07, 6.45) is 0.741. The predicted molar refractivity (Wildman–Crippen MR) is 111 cm³/mol. The Morgan fingerprint density at radius 2 is 1.93 bits per heavy atom. The van der Waals surface area contributed by atoms with Crippen LogP contribution in [0.15, 0.2) is 42.5 Å². The van der Waals surface area contributed by atoms with Crippen molar-refractivity contribution in [2.24, 2.45) is 0 Å². The molecule has 2 aromatic carbocycles. The van der Waals surface area contributed by atoms with E-state index in [1.165, 1.54) is 0 Å². The number of morpholine rings is 1. The minimum atomic E-state index is -0.397. The normalized spacial score (nSPS) is 13.7. The summed E-state index contributed by atoms with van der Waals surface area (Å²) in [5, 5.41) is 2.85. The molecule has 1 aliphatic rings. The zero-order valence-corrected chi connectivity index (χ0v) is 16.8. The van der Waals surface area contributed by atoms with Gasteiger partial charge in [0.1, 0.15) is 5.75 Å². The number of ether oxygens (including phenoxy) is 3. The maximum atomic E-state index is 12.6. The molecular formula is C22H26N2O5. The lowest BCUT2D eigenvalue weighted by Crippen LogP contribution is -2.37. The number of carbonyl (C=O) groups excluding carboxylic acids is 2. The van der Waals surface area contributed by atoms with E-state index in [0.717, 1.165) is 12.1 Å². The van der Waals surface area contributed by atoms with Crippen molar-refractivity contribution in [3.63, 3.8) is 0 Å². The molecule has 0 aromatic heterocycles. The molecule has 0 radical (unpaired) electrons. The van der Waals surface area contributed by atoms with Crippen molar-refractivity contribution >= 4 is 23.3 Å². The first-order valence-electron chi connectivity index (χ1n) is 9.71. The van der Waals surface area contributed by atoms with E-state index in [4.69, 9.17) is 14.2 Å². The predicted octanol–water partition coefficient (Wildman–Crippen LogP) is 3.35. The topological polar surface area (TPSA) is 77.1 Å². The Bertz CT molecular complexity index is 862. The Balaban J connectivity index is 1.85. The second-order valence-electron chi connectivity index (χ2n) is 6.65. The number of nitrogens with one attached hydrogen (secondary N) is 1. The van der Waals surface area contributed by atoms with Gasteiger partial charge in [0.2, 0.25) is 0 Å². The Morgan fingerprint density at radius 3 is 2.66 bits per heavy atom. The Kier molecular flexibility index (Phi) is 7.08. The number of anilines is 2. The largest absolute Gasteiger partial charge is 0.497 e. The number of benzene rings is 2. The molecule has 2 aromatic rings. The lowest BCUT2D eigenvalue weighted by molar-refractivity contribution is 0.0504. The van der Waals surface area contributed by atoms with Gasteiger partial charge in [0, 0.05) is 24.3 Å². The SMILES string of the molecule is CCCOC(=O)c1cc(NC(=O)c2cccc(OC)c2)ccc1N1CCOCC1. The van der Waals surface area contributed by atoms with Gasteiger partial charge in [-0.25, -0.2) is 4.79 Å². The molecule has 0 saturated carbocycles. The number of nitrogens with zero attached hydrogens (tertiary/aromatic N) is 1. The molecule has 154 valence electrons. The second-order valence-corrected chi connectivity index (χ2v) is 6.65. The maximum Gasteiger partial charge on any atom is 0.340 e. The molecule has 1 saturated heterocycles. The van der Waals surface area contributed by atoms with Gasteiger partial charge in [0.15, 0.2) is 0 Å². The summed E-state index contributed by atoms with van der Waals surface area (Å²) in [4.78, 5) is 27.4. The first kappa shape index (κ1) is 20.7. The molecule has 1 fully saturated rings. The van der Waals surface area contributed by atoms with Crippen LogP contribution >= 0.6 is 0 Å². The van der Waals surface area contributed by atoms with Crippen molar-refractivity contribution in [3.8, 4) is 5.75 Å². The van der Waals surface area contributed by atoms with E-state index in [0.29, 0.717) is 55.5 Å². The molecule has 1 amide bonds. The zero-order valence-electron chi connectivity index (χ0n) is 16.8. The minimum absolute atomic E-state index is 0.282. The van der Waals surface area contributed by atoms with Crippen LogP contribution in [0.5, 0.6) is 5.75 Å². The zero-order chi connectivity index (χ0) is 20.6. The van der Waals surface area contributed by atoms with Gasteiger partial charge >= 0.3 is 5.97 Å². The highest BCUT2D eigenvalue weighted by molar-refractivity contribution is 6.05. The van der Waals surface area contributed by atoms with Crippen LogP contribution in [0.2, 0.25) is 0 Å².